The molecular formula is C34H28ClIN2O5. The molecule has 0 aromatic heterocycles. The number of hydrogen-bond donors (Lipinski definition) is 0. The molecule has 7 nitrogen and oxygen atoms in total. The van der Waals surface area contributed by atoms with E-state index in [2.05, 4.69) is 22.6 Å². The van der Waals surface area contributed by atoms with Gasteiger partial charge in [-0.3, -0.25) is 9.59 Å². The van der Waals surface area contributed by atoms with Crippen molar-refractivity contribution in [2.24, 2.45) is 0 Å². The number of barbiturate groups is 1. The Morgan fingerprint density at radius 1 is 0.791 bits per heavy atom. The third kappa shape index (κ3) is 6.30. The zero-order chi connectivity index (χ0) is 30.7. The van der Waals surface area contributed by atoms with E-state index in [0.717, 1.165) is 30.1 Å². The highest BCUT2D eigenvalue weighted by Crippen LogP contribution is 2.37. The average molecular weight is 707 g/mol. The summed E-state index contributed by atoms with van der Waals surface area (Å²) in [4.78, 5) is 43.8. The Hall–Kier alpha value is -4.15. The molecule has 4 aromatic rings. The first kappa shape index (κ1) is 30.3. The first-order valence-electron chi connectivity index (χ1n) is 13.6. The van der Waals surface area contributed by atoms with Crippen molar-refractivity contribution in [1.29, 1.82) is 0 Å². The van der Waals surface area contributed by atoms with Crippen molar-refractivity contribution in [3.8, 4) is 11.5 Å². The predicted molar refractivity (Wildman–Crippen MR) is 177 cm³/mol. The summed E-state index contributed by atoms with van der Waals surface area (Å²) in [5, 5.41) is 0.640. The maximum Gasteiger partial charge on any atom is 0.343 e. The van der Waals surface area contributed by atoms with Gasteiger partial charge in [-0.25, -0.2) is 14.6 Å². The number of hydrogen-bond acceptors (Lipinski definition) is 5. The van der Waals surface area contributed by atoms with Crippen LogP contribution in [-0.4, -0.2) is 24.5 Å². The summed E-state index contributed by atoms with van der Waals surface area (Å²) >= 11 is 8.15. The number of urea groups is 1. The van der Waals surface area contributed by atoms with Crippen LogP contribution < -0.4 is 19.3 Å². The van der Waals surface area contributed by atoms with Crippen molar-refractivity contribution in [1.82, 2.24) is 0 Å². The van der Waals surface area contributed by atoms with Crippen LogP contribution in [0.15, 0.2) is 90.5 Å². The summed E-state index contributed by atoms with van der Waals surface area (Å²) in [6.45, 7) is 6.16. The summed E-state index contributed by atoms with van der Waals surface area (Å²) in [6, 6.07) is 24.3. The van der Waals surface area contributed by atoms with Crippen LogP contribution in [0.3, 0.4) is 0 Å². The molecule has 0 radical (unpaired) electrons. The molecule has 9 heteroatoms. The van der Waals surface area contributed by atoms with Crippen molar-refractivity contribution >= 4 is 69.5 Å². The average Bonchev–Trinajstić information content (AvgIpc) is 2.98. The fraction of sp³-hybridized carbons (Fsp3) is 0.147. The lowest BCUT2D eigenvalue weighted by Crippen LogP contribution is -2.57. The number of halogens is 2. The normalized spacial score (nSPS) is 13.4. The van der Waals surface area contributed by atoms with E-state index in [0.29, 0.717) is 46.7 Å². The number of nitrogens with zero attached hydrogens (tertiary/aromatic N) is 2. The van der Waals surface area contributed by atoms with Crippen LogP contribution in [0.5, 0.6) is 11.5 Å². The number of imide groups is 2. The first-order valence-corrected chi connectivity index (χ1v) is 15.0. The second-order valence-electron chi connectivity index (χ2n) is 9.87. The zero-order valence-corrected chi connectivity index (χ0v) is 26.7. The van der Waals surface area contributed by atoms with Crippen LogP contribution in [0.1, 0.15) is 29.2 Å². The molecule has 1 fully saturated rings. The fourth-order valence-corrected chi connectivity index (χ4v) is 5.67. The first-order chi connectivity index (χ1) is 20.7. The van der Waals surface area contributed by atoms with E-state index >= 15 is 0 Å². The van der Waals surface area contributed by atoms with Crippen molar-refractivity contribution in [2.75, 3.05) is 16.4 Å². The van der Waals surface area contributed by atoms with Crippen LogP contribution in [0.25, 0.3) is 6.08 Å². The molecule has 1 aliphatic heterocycles. The van der Waals surface area contributed by atoms with Gasteiger partial charge in [-0.2, -0.15) is 0 Å². The molecule has 0 N–H and O–H groups in total. The van der Waals surface area contributed by atoms with Gasteiger partial charge in [0, 0.05) is 5.02 Å². The lowest BCUT2D eigenvalue weighted by Gasteiger charge is -2.35. The Bertz CT molecular complexity index is 1680. The Morgan fingerprint density at radius 2 is 1.35 bits per heavy atom. The number of carbonyl (C=O) groups excluding carboxylic acids is 3. The molecule has 1 heterocycles. The second kappa shape index (κ2) is 13.0. The number of carbonyl (C=O) groups is 3. The number of benzene rings is 4. The van der Waals surface area contributed by atoms with E-state index in [4.69, 9.17) is 21.1 Å². The molecule has 43 heavy (non-hydrogen) atoms. The monoisotopic (exact) mass is 706 g/mol. The third-order valence-corrected chi connectivity index (χ3v) is 7.95. The van der Waals surface area contributed by atoms with Crippen molar-refractivity contribution in [3.63, 3.8) is 0 Å². The van der Waals surface area contributed by atoms with Gasteiger partial charge in [-0.15, -0.1) is 0 Å². The van der Waals surface area contributed by atoms with E-state index in [-0.39, 0.29) is 5.57 Å². The number of ether oxygens (including phenoxy) is 2. The Morgan fingerprint density at radius 3 is 1.88 bits per heavy atom. The molecule has 0 unspecified atom stereocenters. The standard InChI is InChI=1S/C34H28ClIN2O5/c1-4-42-30-19-24(18-27(36)31(30)43-20-23-13-15-25(35)16-14-23)17-26-32(39)37(28-11-7-5-9-21(28)2)34(41)38(33(26)40)29-12-8-6-10-22(29)3/h5-19H,4,20H2,1-3H3. The van der Waals surface area contributed by atoms with Crippen molar-refractivity contribution < 1.29 is 23.9 Å². The topological polar surface area (TPSA) is 76.2 Å². The zero-order valence-electron chi connectivity index (χ0n) is 23.8. The van der Waals surface area contributed by atoms with Crippen LogP contribution >= 0.6 is 34.2 Å². The van der Waals surface area contributed by atoms with Gasteiger partial charge in [0.25, 0.3) is 11.8 Å². The predicted octanol–water partition coefficient (Wildman–Crippen LogP) is 8.12. The summed E-state index contributed by atoms with van der Waals surface area (Å²) in [7, 11) is 0. The van der Waals surface area contributed by atoms with Gasteiger partial charge < -0.3 is 9.47 Å². The molecule has 1 aliphatic rings. The molecule has 0 bridgehead atoms. The minimum atomic E-state index is -0.730. The molecule has 4 amide bonds. The van der Waals surface area contributed by atoms with E-state index in [1.807, 2.05) is 57.2 Å². The summed E-state index contributed by atoms with van der Waals surface area (Å²) in [6.07, 6.45) is 1.50. The van der Waals surface area contributed by atoms with E-state index in [9.17, 15) is 14.4 Å². The molecule has 0 saturated carbocycles. The van der Waals surface area contributed by atoms with Crippen molar-refractivity contribution in [2.45, 2.75) is 27.4 Å². The van der Waals surface area contributed by atoms with Crippen LogP contribution in [0.4, 0.5) is 16.2 Å². The summed E-state index contributed by atoms with van der Waals surface area (Å²) in [5.41, 5.74) is 3.59. The molecule has 0 aliphatic carbocycles. The molecular weight excluding hydrogens is 679 g/mol. The molecule has 218 valence electrons. The highest BCUT2D eigenvalue weighted by Gasteiger charge is 2.44. The summed E-state index contributed by atoms with van der Waals surface area (Å²) < 4.78 is 12.8. The number of amides is 4. The minimum Gasteiger partial charge on any atom is -0.490 e. The maximum atomic E-state index is 13.9. The number of anilines is 2. The third-order valence-electron chi connectivity index (χ3n) is 6.90. The molecule has 0 spiro atoms. The second-order valence-corrected chi connectivity index (χ2v) is 11.5. The maximum absolute atomic E-state index is 13.9. The van der Waals surface area contributed by atoms with Crippen molar-refractivity contribution in [3.05, 3.63) is 121 Å². The smallest absolute Gasteiger partial charge is 0.343 e. The number of rotatable bonds is 8. The molecule has 4 aromatic carbocycles. The lowest BCUT2D eigenvalue weighted by atomic mass is 10.0. The van der Waals surface area contributed by atoms with Gasteiger partial charge in [0.1, 0.15) is 12.2 Å². The number of para-hydroxylation sites is 2. The van der Waals surface area contributed by atoms with Crippen LogP contribution in [-0.2, 0) is 16.2 Å². The van der Waals surface area contributed by atoms with Gasteiger partial charge >= 0.3 is 6.03 Å². The Labute approximate surface area is 268 Å². The van der Waals surface area contributed by atoms with Gasteiger partial charge in [0.2, 0.25) is 0 Å². The Kier molecular flexibility index (Phi) is 9.17. The SMILES string of the molecule is CCOc1cc(C=C2C(=O)N(c3ccccc3C)C(=O)N(c3ccccc3C)C2=O)cc(I)c1OCc1ccc(Cl)cc1. The lowest BCUT2D eigenvalue weighted by molar-refractivity contribution is -0.121. The summed E-state index contributed by atoms with van der Waals surface area (Å²) in [5.74, 6) is -0.400. The van der Waals surface area contributed by atoms with E-state index < -0.39 is 17.8 Å². The van der Waals surface area contributed by atoms with Gasteiger partial charge in [-0.1, -0.05) is 60.1 Å². The molecule has 1 saturated heterocycles. The van der Waals surface area contributed by atoms with Crippen LogP contribution in [0, 0.1) is 17.4 Å². The largest absolute Gasteiger partial charge is 0.490 e. The highest BCUT2D eigenvalue weighted by atomic mass is 127. The van der Waals surface area contributed by atoms with Crippen LogP contribution in [0.2, 0.25) is 5.02 Å². The van der Waals surface area contributed by atoms with Gasteiger partial charge in [0.05, 0.1) is 21.6 Å². The quantitative estimate of drug-likeness (QED) is 0.105. The molecule has 0 atom stereocenters. The minimum absolute atomic E-state index is 0.154. The highest BCUT2D eigenvalue weighted by molar-refractivity contribution is 14.1. The van der Waals surface area contributed by atoms with E-state index in [1.165, 1.54) is 6.08 Å². The fourth-order valence-electron chi connectivity index (χ4n) is 4.76. The van der Waals surface area contributed by atoms with E-state index in [1.54, 1.807) is 48.5 Å². The Balaban J connectivity index is 1.58. The van der Waals surface area contributed by atoms with Gasteiger partial charge in [0.15, 0.2) is 11.5 Å². The van der Waals surface area contributed by atoms with Gasteiger partial charge in [-0.05, 0) is 108 Å². The molecule has 5 rings (SSSR count). The number of aryl methyl sites for hydroxylation is 2.